The molecule has 0 atom stereocenters. The molecule has 1 heterocycles. The maximum absolute atomic E-state index is 11.8. The lowest BCUT2D eigenvalue weighted by molar-refractivity contribution is 0.0924. The number of carbonyl (C=O) groups excluding carboxylic acids is 1. The summed E-state index contributed by atoms with van der Waals surface area (Å²) in [5.41, 5.74) is 9.30. The Hall–Kier alpha value is -2.43. The lowest BCUT2D eigenvalue weighted by atomic mass is 10.1. The van der Waals surface area contributed by atoms with Gasteiger partial charge in [-0.25, -0.2) is 0 Å². The van der Waals surface area contributed by atoms with Gasteiger partial charge in [0.2, 0.25) is 0 Å². The lowest BCUT2D eigenvalue weighted by Crippen LogP contribution is -2.25. The Balaban J connectivity index is 1.82. The van der Waals surface area contributed by atoms with E-state index in [1.54, 1.807) is 12.1 Å². The predicted molar refractivity (Wildman–Crippen MR) is 79.0 cm³/mol. The third kappa shape index (κ3) is 4.56. The van der Waals surface area contributed by atoms with Gasteiger partial charge in [-0.15, -0.1) is 0 Å². The first-order chi connectivity index (χ1) is 10.2. The van der Waals surface area contributed by atoms with Gasteiger partial charge in [-0.2, -0.15) is 0 Å². The average Bonchev–Trinajstić information content (AvgIpc) is 2.96. The van der Waals surface area contributed by atoms with E-state index in [9.17, 15) is 4.79 Å². The molecule has 0 saturated heterocycles. The number of amides is 1. The van der Waals surface area contributed by atoms with Crippen LogP contribution in [0.4, 0.5) is 0 Å². The second-order valence-corrected chi connectivity index (χ2v) is 4.72. The van der Waals surface area contributed by atoms with E-state index in [1.165, 1.54) is 0 Å². The molecule has 0 bridgehead atoms. The van der Waals surface area contributed by atoms with Gasteiger partial charge in [-0.3, -0.25) is 4.79 Å². The second kappa shape index (κ2) is 7.38. The first-order valence-electron chi connectivity index (χ1n) is 6.31. The van der Waals surface area contributed by atoms with Crippen molar-refractivity contribution in [2.45, 2.75) is 13.0 Å². The quantitative estimate of drug-likeness (QED) is 0.500. The summed E-state index contributed by atoms with van der Waals surface area (Å²) in [7, 11) is 0. The highest BCUT2D eigenvalue weighted by atomic mass is 35.5. The van der Waals surface area contributed by atoms with E-state index in [2.05, 4.69) is 15.3 Å². The van der Waals surface area contributed by atoms with Crippen LogP contribution in [0.2, 0.25) is 5.02 Å². The summed E-state index contributed by atoms with van der Waals surface area (Å²) in [6.45, 7) is 0.585. The maximum Gasteiger partial charge on any atom is 0.287 e. The topological polar surface area (TPSA) is 91.0 Å². The van der Waals surface area contributed by atoms with Crippen LogP contribution in [0.1, 0.15) is 21.9 Å². The minimum absolute atomic E-state index is 0.0918. The van der Waals surface area contributed by atoms with Crippen molar-refractivity contribution in [2.24, 2.45) is 5.11 Å². The number of carbonyl (C=O) groups is 1. The molecule has 0 fully saturated rings. The van der Waals surface area contributed by atoms with E-state index in [1.807, 2.05) is 24.3 Å². The van der Waals surface area contributed by atoms with Gasteiger partial charge in [0.25, 0.3) is 5.91 Å². The van der Waals surface area contributed by atoms with E-state index < -0.39 is 0 Å². The highest BCUT2D eigenvalue weighted by Crippen LogP contribution is 2.11. The van der Waals surface area contributed by atoms with Crippen LogP contribution in [0.3, 0.4) is 0 Å². The number of azide groups is 1. The van der Waals surface area contributed by atoms with Crippen molar-refractivity contribution in [3.05, 3.63) is 68.9 Å². The zero-order valence-corrected chi connectivity index (χ0v) is 11.9. The van der Waals surface area contributed by atoms with Crippen molar-refractivity contribution in [1.82, 2.24) is 5.32 Å². The number of nitrogens with one attached hydrogen (secondary N) is 1. The van der Waals surface area contributed by atoms with Crippen molar-refractivity contribution in [1.29, 1.82) is 0 Å². The molecule has 1 aromatic carbocycles. The third-order valence-corrected chi connectivity index (χ3v) is 3.04. The molecule has 2 aromatic rings. The molecule has 0 aliphatic rings. The number of nitrogens with zero attached hydrogens (tertiary/aromatic N) is 3. The largest absolute Gasteiger partial charge is 0.456 e. The van der Waals surface area contributed by atoms with E-state index >= 15 is 0 Å². The van der Waals surface area contributed by atoms with E-state index in [-0.39, 0.29) is 18.2 Å². The molecule has 6 nitrogen and oxygen atoms in total. The summed E-state index contributed by atoms with van der Waals surface area (Å²) in [6.07, 6.45) is 0.704. The second-order valence-electron chi connectivity index (χ2n) is 4.29. The Bertz CT molecular complexity index is 660. The van der Waals surface area contributed by atoms with E-state index in [0.717, 1.165) is 5.56 Å². The molecule has 0 aliphatic heterocycles. The monoisotopic (exact) mass is 304 g/mol. The normalized spacial score (nSPS) is 9.95. The molecule has 21 heavy (non-hydrogen) atoms. The fourth-order valence-electron chi connectivity index (χ4n) is 1.74. The van der Waals surface area contributed by atoms with Gasteiger partial charge in [0.1, 0.15) is 5.76 Å². The smallest absolute Gasteiger partial charge is 0.287 e. The summed E-state index contributed by atoms with van der Waals surface area (Å²) in [5.74, 6) is 0.362. The molecule has 7 heteroatoms. The molecule has 1 aromatic heterocycles. The Morgan fingerprint density at radius 1 is 1.29 bits per heavy atom. The molecule has 0 aliphatic carbocycles. The van der Waals surface area contributed by atoms with Crippen molar-refractivity contribution in [2.75, 3.05) is 6.54 Å². The van der Waals surface area contributed by atoms with Crippen LogP contribution in [0.5, 0.6) is 0 Å². The zero-order chi connectivity index (χ0) is 15.1. The molecular weight excluding hydrogens is 292 g/mol. The molecular formula is C14H13ClN4O2. The average molecular weight is 305 g/mol. The van der Waals surface area contributed by atoms with Gasteiger partial charge in [-0.05, 0) is 41.8 Å². The standard InChI is InChI=1S/C14H13ClN4O2/c15-11-3-1-10(2-4-11)7-8-17-14(20)13-6-5-12(21-13)9-18-19-16/h1-6H,7-9H2,(H,17,20). The van der Waals surface area contributed by atoms with Crippen LogP contribution < -0.4 is 5.32 Å². The van der Waals surface area contributed by atoms with E-state index in [4.69, 9.17) is 21.5 Å². The van der Waals surface area contributed by atoms with Gasteiger partial charge in [0.15, 0.2) is 5.76 Å². The summed E-state index contributed by atoms with van der Waals surface area (Å²) in [5, 5.41) is 6.82. The molecule has 2 rings (SSSR count). The SMILES string of the molecule is [N-]=[N+]=NCc1ccc(C(=O)NCCc2ccc(Cl)cc2)o1. The highest BCUT2D eigenvalue weighted by Gasteiger charge is 2.10. The number of benzene rings is 1. The Morgan fingerprint density at radius 3 is 2.76 bits per heavy atom. The van der Waals surface area contributed by atoms with Crippen LogP contribution in [-0.4, -0.2) is 12.5 Å². The van der Waals surface area contributed by atoms with Gasteiger partial charge < -0.3 is 9.73 Å². The van der Waals surface area contributed by atoms with Gasteiger partial charge >= 0.3 is 0 Å². The Kier molecular flexibility index (Phi) is 5.26. The first kappa shape index (κ1) is 15.0. The molecule has 0 radical (unpaired) electrons. The minimum atomic E-state index is -0.295. The Labute approximate surface area is 126 Å². The van der Waals surface area contributed by atoms with Crippen molar-refractivity contribution < 1.29 is 9.21 Å². The predicted octanol–water partition coefficient (Wildman–Crippen LogP) is 3.72. The van der Waals surface area contributed by atoms with Crippen LogP contribution in [0, 0.1) is 0 Å². The molecule has 0 saturated carbocycles. The van der Waals surface area contributed by atoms with Crippen LogP contribution in [0.15, 0.2) is 45.9 Å². The number of halogens is 1. The van der Waals surface area contributed by atoms with Crippen LogP contribution in [0.25, 0.3) is 10.4 Å². The number of hydrogen-bond donors (Lipinski definition) is 1. The summed E-state index contributed by atoms with van der Waals surface area (Å²) < 4.78 is 5.27. The zero-order valence-electron chi connectivity index (χ0n) is 11.1. The summed E-state index contributed by atoms with van der Waals surface area (Å²) in [4.78, 5) is 14.5. The lowest BCUT2D eigenvalue weighted by Gasteiger charge is -2.03. The molecule has 0 spiro atoms. The maximum atomic E-state index is 11.8. The minimum Gasteiger partial charge on any atom is -0.456 e. The van der Waals surface area contributed by atoms with Crippen LogP contribution in [-0.2, 0) is 13.0 Å². The molecule has 0 unspecified atom stereocenters. The summed E-state index contributed by atoms with van der Waals surface area (Å²) in [6, 6.07) is 10.6. The molecule has 1 amide bonds. The van der Waals surface area contributed by atoms with Gasteiger partial charge in [0.05, 0.1) is 6.54 Å². The number of furan rings is 1. The first-order valence-corrected chi connectivity index (χ1v) is 6.69. The highest BCUT2D eigenvalue weighted by molar-refractivity contribution is 6.30. The molecule has 1 N–H and O–H groups in total. The van der Waals surface area contributed by atoms with Crippen molar-refractivity contribution >= 4 is 17.5 Å². The summed E-state index contributed by atoms with van der Waals surface area (Å²) >= 11 is 5.80. The third-order valence-electron chi connectivity index (χ3n) is 2.79. The fraction of sp³-hybridized carbons (Fsp3) is 0.214. The Morgan fingerprint density at radius 2 is 2.05 bits per heavy atom. The van der Waals surface area contributed by atoms with Crippen molar-refractivity contribution in [3.63, 3.8) is 0 Å². The number of rotatable bonds is 6. The van der Waals surface area contributed by atoms with Crippen molar-refractivity contribution in [3.8, 4) is 0 Å². The fourth-order valence-corrected chi connectivity index (χ4v) is 1.87. The van der Waals surface area contributed by atoms with E-state index in [0.29, 0.717) is 23.7 Å². The van der Waals surface area contributed by atoms with Gasteiger partial charge in [0, 0.05) is 16.5 Å². The number of hydrogen-bond acceptors (Lipinski definition) is 3. The molecule has 108 valence electrons. The van der Waals surface area contributed by atoms with Gasteiger partial charge in [-0.1, -0.05) is 28.8 Å². The van der Waals surface area contributed by atoms with Crippen LogP contribution >= 0.6 is 11.6 Å².